The first-order valence-corrected chi connectivity index (χ1v) is 11.1. The molecule has 0 aliphatic heterocycles. The Morgan fingerprint density at radius 2 is 2.08 bits per heavy atom. The number of hydrogen-bond donors (Lipinski definition) is 1. The van der Waals surface area contributed by atoms with E-state index in [1.807, 2.05) is 0 Å². The van der Waals surface area contributed by atoms with Crippen LogP contribution in [0.4, 0.5) is 13.2 Å². The highest BCUT2D eigenvalue weighted by Crippen LogP contribution is 2.46. The van der Waals surface area contributed by atoms with E-state index in [9.17, 15) is 21.6 Å². The summed E-state index contributed by atoms with van der Waals surface area (Å²) >= 11 is 10.2. The van der Waals surface area contributed by atoms with Crippen molar-refractivity contribution in [2.45, 2.75) is 42.1 Å². The van der Waals surface area contributed by atoms with Gasteiger partial charge < -0.3 is 0 Å². The Hall–Kier alpha value is -0.620. The molecule has 2 heterocycles. The fraction of sp³-hybridized carbons (Fsp3) is 0.500. The summed E-state index contributed by atoms with van der Waals surface area (Å²) in [5.74, 6) is -0.00809. The molecule has 1 aliphatic carbocycles. The molecule has 2 aromatic rings. The molecule has 12 heteroatoms. The minimum absolute atomic E-state index is 0.00809. The number of nitrogens with zero attached hydrogens (tertiary/aromatic N) is 2. The molecule has 0 spiro atoms. The minimum atomic E-state index is -4.61. The Kier molecular flexibility index (Phi) is 5.74. The quantitative estimate of drug-likeness (QED) is 0.574. The van der Waals surface area contributed by atoms with Crippen LogP contribution in [0.3, 0.4) is 0 Å². The lowest BCUT2D eigenvalue weighted by Crippen LogP contribution is -2.25. The summed E-state index contributed by atoms with van der Waals surface area (Å²) in [6, 6.07) is 3.11. The van der Waals surface area contributed by atoms with E-state index in [-0.39, 0.29) is 28.2 Å². The molecule has 2 aromatic heterocycles. The Balaban J connectivity index is 1.65. The van der Waals surface area contributed by atoms with Gasteiger partial charge in [0, 0.05) is 19.0 Å². The maximum Gasteiger partial charge on any atom is 0.436 e. The van der Waals surface area contributed by atoms with Gasteiger partial charge in [0.05, 0.1) is 14.5 Å². The summed E-state index contributed by atoms with van der Waals surface area (Å²) in [6.45, 7) is 0.235. The highest BCUT2D eigenvalue weighted by molar-refractivity contribution is 9.11. The zero-order chi connectivity index (χ0) is 19.1. The second-order valence-electron chi connectivity index (χ2n) is 5.85. The lowest BCUT2D eigenvalue weighted by atomic mass is 10.2. The molecule has 1 N–H and O–H groups in total. The van der Waals surface area contributed by atoms with E-state index in [4.69, 9.17) is 11.6 Å². The molecule has 5 nitrogen and oxygen atoms in total. The molecule has 0 unspecified atom stereocenters. The molecule has 1 fully saturated rings. The van der Waals surface area contributed by atoms with Crippen LogP contribution in [-0.4, -0.2) is 24.7 Å². The standard InChI is InChI=1S/C14H14BrClF3N3O2S2/c15-9-4-5-10(25-9)26(23,24)20-6-1-7-22-12(8-2-3-8)11(16)13(21-22)14(17,18)19/h4-5,8,20H,1-3,6-7H2. The largest absolute Gasteiger partial charge is 0.436 e. The minimum Gasteiger partial charge on any atom is -0.267 e. The van der Waals surface area contributed by atoms with E-state index in [1.54, 1.807) is 6.07 Å². The summed E-state index contributed by atoms with van der Waals surface area (Å²) in [4.78, 5) is 0. The van der Waals surface area contributed by atoms with Crippen LogP contribution in [0.15, 0.2) is 20.1 Å². The number of sulfonamides is 1. The predicted molar refractivity (Wildman–Crippen MR) is 96.0 cm³/mol. The topological polar surface area (TPSA) is 64.0 Å². The Bertz CT molecular complexity index is 907. The highest BCUT2D eigenvalue weighted by Gasteiger charge is 2.41. The zero-order valence-electron chi connectivity index (χ0n) is 13.2. The Morgan fingerprint density at radius 3 is 2.62 bits per heavy atom. The molecule has 0 bridgehead atoms. The smallest absolute Gasteiger partial charge is 0.267 e. The molecule has 0 radical (unpaired) electrons. The number of nitrogens with one attached hydrogen (secondary N) is 1. The third-order valence-corrected chi connectivity index (χ3v) is 7.77. The molecule has 0 saturated heterocycles. The zero-order valence-corrected chi connectivity index (χ0v) is 17.2. The van der Waals surface area contributed by atoms with Crippen LogP contribution in [0.1, 0.15) is 36.6 Å². The van der Waals surface area contributed by atoms with Gasteiger partial charge in [0.1, 0.15) is 4.21 Å². The predicted octanol–water partition coefficient (Wildman–Crippen LogP) is 4.63. The first kappa shape index (κ1) is 20.1. The van der Waals surface area contributed by atoms with E-state index in [0.717, 1.165) is 24.2 Å². The van der Waals surface area contributed by atoms with Gasteiger partial charge in [-0.2, -0.15) is 18.3 Å². The Morgan fingerprint density at radius 1 is 1.38 bits per heavy atom. The van der Waals surface area contributed by atoms with Gasteiger partial charge in [-0.05, 0) is 47.3 Å². The number of rotatable bonds is 7. The third-order valence-electron chi connectivity index (χ3n) is 3.82. The molecular formula is C14H14BrClF3N3O2S2. The normalized spacial score (nSPS) is 15.6. The summed E-state index contributed by atoms with van der Waals surface area (Å²) < 4.78 is 67.8. The van der Waals surface area contributed by atoms with Crippen molar-refractivity contribution in [1.29, 1.82) is 0 Å². The van der Waals surface area contributed by atoms with Gasteiger partial charge >= 0.3 is 6.18 Å². The van der Waals surface area contributed by atoms with Crippen molar-refractivity contribution in [2.24, 2.45) is 0 Å². The Labute approximate surface area is 165 Å². The third kappa shape index (κ3) is 4.44. The maximum absolute atomic E-state index is 13.0. The molecule has 144 valence electrons. The number of aryl methyl sites for hydroxylation is 1. The van der Waals surface area contributed by atoms with Gasteiger partial charge in [0.25, 0.3) is 0 Å². The molecule has 26 heavy (non-hydrogen) atoms. The van der Waals surface area contributed by atoms with E-state index in [1.165, 1.54) is 10.7 Å². The summed E-state index contributed by atoms with van der Waals surface area (Å²) in [5.41, 5.74) is -0.686. The van der Waals surface area contributed by atoms with Crippen LogP contribution >= 0.6 is 38.9 Å². The van der Waals surface area contributed by atoms with Crippen molar-refractivity contribution in [2.75, 3.05) is 6.54 Å². The van der Waals surface area contributed by atoms with Crippen LogP contribution in [0.25, 0.3) is 0 Å². The van der Waals surface area contributed by atoms with Crippen molar-refractivity contribution >= 4 is 48.9 Å². The summed E-state index contributed by atoms with van der Waals surface area (Å²) in [7, 11) is -3.63. The SMILES string of the molecule is O=S(=O)(NCCCn1nc(C(F)(F)F)c(Cl)c1C1CC1)c1ccc(Br)s1. The molecule has 1 saturated carbocycles. The molecular weight excluding hydrogens is 479 g/mol. The van der Waals surface area contributed by atoms with Gasteiger partial charge in [0.15, 0.2) is 5.69 Å². The molecule has 0 aromatic carbocycles. The van der Waals surface area contributed by atoms with Gasteiger partial charge in [-0.15, -0.1) is 11.3 Å². The lowest BCUT2D eigenvalue weighted by Gasteiger charge is -2.08. The van der Waals surface area contributed by atoms with E-state index in [0.29, 0.717) is 15.9 Å². The van der Waals surface area contributed by atoms with Gasteiger partial charge in [-0.25, -0.2) is 13.1 Å². The molecule has 0 amide bonds. The highest BCUT2D eigenvalue weighted by atomic mass is 79.9. The van der Waals surface area contributed by atoms with Crippen molar-refractivity contribution in [3.05, 3.63) is 32.3 Å². The van der Waals surface area contributed by atoms with Gasteiger partial charge in [-0.3, -0.25) is 4.68 Å². The number of thiophene rings is 1. The van der Waals surface area contributed by atoms with Crippen LogP contribution in [0, 0.1) is 0 Å². The second-order valence-corrected chi connectivity index (χ2v) is 10.7. The van der Waals surface area contributed by atoms with E-state index >= 15 is 0 Å². The summed E-state index contributed by atoms with van der Waals surface area (Å²) in [5, 5.41) is 3.27. The number of halogens is 5. The summed E-state index contributed by atoms with van der Waals surface area (Å²) in [6.07, 6.45) is -2.76. The maximum atomic E-state index is 13.0. The average Bonchev–Trinajstić information content (AvgIpc) is 3.16. The lowest BCUT2D eigenvalue weighted by molar-refractivity contribution is -0.141. The van der Waals surface area contributed by atoms with Crippen molar-refractivity contribution in [3.63, 3.8) is 0 Å². The van der Waals surface area contributed by atoms with Crippen LogP contribution in [-0.2, 0) is 22.7 Å². The van der Waals surface area contributed by atoms with Crippen molar-refractivity contribution in [3.8, 4) is 0 Å². The van der Waals surface area contributed by atoms with Crippen LogP contribution < -0.4 is 4.72 Å². The van der Waals surface area contributed by atoms with Crippen molar-refractivity contribution < 1.29 is 21.6 Å². The fourth-order valence-electron chi connectivity index (χ4n) is 2.50. The van der Waals surface area contributed by atoms with Gasteiger partial charge in [-0.1, -0.05) is 11.6 Å². The van der Waals surface area contributed by atoms with Crippen LogP contribution in [0.5, 0.6) is 0 Å². The van der Waals surface area contributed by atoms with E-state index < -0.39 is 21.9 Å². The first-order valence-electron chi connectivity index (χ1n) is 7.68. The molecule has 3 rings (SSSR count). The number of aromatic nitrogens is 2. The van der Waals surface area contributed by atoms with Gasteiger partial charge in [0.2, 0.25) is 10.0 Å². The monoisotopic (exact) mass is 491 g/mol. The van der Waals surface area contributed by atoms with Crippen LogP contribution in [0.2, 0.25) is 5.02 Å². The second kappa shape index (κ2) is 7.42. The molecule has 1 aliphatic rings. The van der Waals surface area contributed by atoms with E-state index in [2.05, 4.69) is 25.8 Å². The van der Waals surface area contributed by atoms with Crippen molar-refractivity contribution in [1.82, 2.24) is 14.5 Å². The molecule has 0 atom stereocenters. The average molecular weight is 493 g/mol. The number of hydrogen-bond acceptors (Lipinski definition) is 4. The fourth-order valence-corrected chi connectivity index (χ4v) is 6.03. The number of alkyl halides is 3. The first-order chi connectivity index (χ1) is 12.1.